The molecule has 2 aromatic carbocycles. The molecule has 2 saturated carbocycles. The molecular weight excluding hydrogens is 1180 g/mol. The van der Waals surface area contributed by atoms with Gasteiger partial charge in [-0.25, -0.2) is 0 Å². The number of hydrogen-bond acceptors (Lipinski definition) is 9. The predicted molar refractivity (Wildman–Crippen MR) is 184 cm³/mol. The standard InChI is InChI=1S/C37H44INO9.2Ac/c1-19-23(48-33(44)27(38)28(21-12-8-6-9-13-21)39-32(43)22-14-10-7-11-15-22)17-37(46)20(2)30-35(5,24(40)16-25-36(30,45)18-47-25)31(42)29(41)26(19)34(37,3)4;;/h6-15,20,23-25,27-30,40-41,45-46H,16-18H2,1-5H3,(H,39,43);;/t20-,23?,24?,25?,27?,28?,29?,30?,35+,36?,37?;;/m0../s1. The molecule has 2 radical (unpaired) electrons. The minimum atomic E-state index is -1.73. The zero-order chi connectivity index (χ0) is 35.0. The van der Waals surface area contributed by atoms with Gasteiger partial charge >= 0.3 is 5.97 Å². The molecule has 5 N–H and O–H groups in total. The van der Waals surface area contributed by atoms with E-state index in [2.05, 4.69) is 5.32 Å². The van der Waals surface area contributed by atoms with Crippen LogP contribution >= 0.6 is 22.6 Å². The molecule has 2 aromatic rings. The normalized spacial score (nSPS) is 36.7. The van der Waals surface area contributed by atoms with Crippen molar-refractivity contribution in [3.8, 4) is 0 Å². The fourth-order valence-electron chi connectivity index (χ4n) is 9.25. The summed E-state index contributed by atoms with van der Waals surface area (Å²) in [6, 6.07) is 17.0. The van der Waals surface area contributed by atoms with Crippen LogP contribution < -0.4 is 5.32 Å². The summed E-state index contributed by atoms with van der Waals surface area (Å²) in [5, 5.41) is 50.9. The van der Waals surface area contributed by atoms with Crippen LogP contribution in [0.2, 0.25) is 0 Å². The van der Waals surface area contributed by atoms with Gasteiger partial charge in [0, 0.05) is 118 Å². The molecule has 3 aliphatic carbocycles. The topological polar surface area (TPSA) is 163 Å². The second-order valence-corrected chi connectivity index (χ2v) is 16.1. The zero-order valence-corrected chi connectivity index (χ0v) is 40.5. The Morgan fingerprint density at radius 2 is 1.58 bits per heavy atom. The first-order valence-electron chi connectivity index (χ1n) is 16.4. The van der Waals surface area contributed by atoms with E-state index in [4.69, 9.17) is 9.47 Å². The number of hydrogen-bond donors (Lipinski definition) is 5. The van der Waals surface area contributed by atoms with Crippen LogP contribution in [0.4, 0.5) is 0 Å². The average molecular weight is 1230 g/mol. The summed E-state index contributed by atoms with van der Waals surface area (Å²) < 4.78 is 10.9. The zero-order valence-electron chi connectivity index (χ0n) is 28.9. The molecule has 1 saturated heterocycles. The van der Waals surface area contributed by atoms with Crippen LogP contribution in [-0.4, -0.2) is 84.2 Å². The fraction of sp³-hybridized carbons (Fsp3) is 0.541. The number of nitrogens with one attached hydrogen (secondary N) is 1. The van der Waals surface area contributed by atoms with Crippen LogP contribution in [0.3, 0.4) is 0 Å². The number of esters is 1. The van der Waals surface area contributed by atoms with E-state index in [0.29, 0.717) is 16.7 Å². The molecule has 10 nitrogen and oxygen atoms in total. The number of benzene rings is 2. The number of carbonyl (C=O) groups is 3. The van der Waals surface area contributed by atoms with Crippen molar-refractivity contribution in [3.05, 3.63) is 82.9 Å². The Kier molecular flexibility index (Phi) is 13.5. The van der Waals surface area contributed by atoms with Crippen molar-refractivity contribution in [1.29, 1.82) is 0 Å². The number of alkyl halides is 1. The number of fused-ring (bicyclic) bond motifs is 5. The van der Waals surface area contributed by atoms with E-state index >= 15 is 0 Å². The van der Waals surface area contributed by atoms with Gasteiger partial charge in [0.05, 0.1) is 35.9 Å². The third-order valence-corrected chi connectivity index (χ3v) is 13.3. The molecule has 1 heterocycles. The monoisotopic (exact) mass is 1230 g/mol. The van der Waals surface area contributed by atoms with Crippen LogP contribution in [0, 0.1) is 111 Å². The van der Waals surface area contributed by atoms with Crippen molar-refractivity contribution in [2.75, 3.05) is 6.61 Å². The maximum Gasteiger partial charge on any atom is 0.321 e. The van der Waals surface area contributed by atoms with Gasteiger partial charge < -0.3 is 35.2 Å². The first-order chi connectivity index (χ1) is 22.5. The largest absolute Gasteiger partial charge is 0.457 e. The SMILES string of the molecule is CC1=C2C(O)C(=O)[C@]3(C)C(O)CC4OCC4(O)C3[C@H](C)C(O)(CC1OC(=O)C(I)C(NC(=O)c1ccccc1)c1ccccc1)C2(C)C.[Ac].[Ac]. The van der Waals surface area contributed by atoms with Gasteiger partial charge in [-0.3, -0.25) is 14.4 Å². The molecule has 9 unspecified atom stereocenters. The van der Waals surface area contributed by atoms with Crippen LogP contribution in [-0.2, 0) is 19.1 Å². The van der Waals surface area contributed by atoms with Crippen molar-refractivity contribution in [3.63, 3.8) is 0 Å². The van der Waals surface area contributed by atoms with E-state index < -0.39 is 80.0 Å². The van der Waals surface area contributed by atoms with Gasteiger partial charge in [0.15, 0.2) is 5.78 Å². The van der Waals surface area contributed by atoms with Gasteiger partial charge in [0.25, 0.3) is 5.91 Å². The number of ether oxygens (including phenoxy) is 2. The van der Waals surface area contributed by atoms with Crippen molar-refractivity contribution in [1.82, 2.24) is 5.32 Å². The number of ketones is 1. The van der Waals surface area contributed by atoms with Crippen molar-refractivity contribution < 1.29 is 132 Å². The minimum Gasteiger partial charge on any atom is -0.457 e. The molecule has 50 heavy (non-hydrogen) atoms. The van der Waals surface area contributed by atoms with Gasteiger partial charge in [0.2, 0.25) is 0 Å². The Hall–Kier alpha value is 0.203. The summed E-state index contributed by atoms with van der Waals surface area (Å²) in [6.07, 6.45) is -4.77. The number of halogens is 1. The molecule has 13 heteroatoms. The quantitative estimate of drug-likeness (QED) is 0.126. The van der Waals surface area contributed by atoms with E-state index in [1.807, 2.05) is 52.9 Å². The third-order valence-electron chi connectivity index (χ3n) is 12.1. The summed E-state index contributed by atoms with van der Waals surface area (Å²) in [5.74, 6) is -3.44. The number of aliphatic hydroxyl groups excluding tert-OH is 2. The number of amides is 1. The van der Waals surface area contributed by atoms with Gasteiger partial charge in [-0.05, 0) is 48.6 Å². The van der Waals surface area contributed by atoms with Gasteiger partial charge in [0.1, 0.15) is 21.7 Å². The van der Waals surface area contributed by atoms with Gasteiger partial charge in [-0.1, -0.05) is 91.9 Å². The minimum absolute atomic E-state index is 0. The van der Waals surface area contributed by atoms with Gasteiger partial charge in [-0.15, -0.1) is 0 Å². The van der Waals surface area contributed by atoms with E-state index in [0.717, 1.165) is 0 Å². The number of rotatable bonds is 6. The first-order valence-corrected chi connectivity index (χ1v) is 17.7. The maximum atomic E-state index is 14.3. The van der Waals surface area contributed by atoms with Crippen LogP contribution in [0.1, 0.15) is 69.4 Å². The second-order valence-electron chi connectivity index (χ2n) is 14.8. The van der Waals surface area contributed by atoms with E-state index in [1.54, 1.807) is 65.0 Å². The second kappa shape index (κ2) is 15.7. The maximum absolute atomic E-state index is 14.3. The predicted octanol–water partition coefficient (Wildman–Crippen LogP) is 3.45. The summed E-state index contributed by atoms with van der Waals surface area (Å²) in [4.78, 5) is 41.6. The van der Waals surface area contributed by atoms with Crippen molar-refractivity contribution in [2.45, 2.75) is 93.0 Å². The molecule has 6 rings (SSSR count). The fourth-order valence-corrected chi connectivity index (χ4v) is 10.00. The summed E-state index contributed by atoms with van der Waals surface area (Å²) in [7, 11) is 0. The summed E-state index contributed by atoms with van der Waals surface area (Å²) in [6.45, 7) is 8.44. The molecule has 264 valence electrons. The van der Waals surface area contributed by atoms with Crippen LogP contribution in [0.15, 0.2) is 71.8 Å². The number of Topliss-reactive ketones (excluding diaryl/α,β-unsaturated/α-hetero) is 1. The smallest absolute Gasteiger partial charge is 0.321 e. The molecule has 2 bridgehead atoms. The van der Waals surface area contributed by atoms with E-state index in [-0.39, 0.29) is 119 Å². The van der Waals surface area contributed by atoms with Crippen molar-refractivity contribution in [2.24, 2.45) is 22.7 Å². The van der Waals surface area contributed by atoms with E-state index in [1.165, 1.54) is 0 Å². The first kappa shape index (κ1) is 42.9. The molecular formula is C37H44Ac2INO9. The number of carbonyl (C=O) groups excluding carboxylic acids is 3. The molecule has 11 atom stereocenters. The third kappa shape index (κ3) is 6.74. The Morgan fingerprint density at radius 3 is 2.14 bits per heavy atom. The molecule has 1 aliphatic heterocycles. The Balaban J connectivity index is 0.00000281. The Morgan fingerprint density at radius 1 is 1.00 bits per heavy atom. The van der Waals surface area contributed by atoms with Gasteiger partial charge in [-0.2, -0.15) is 0 Å². The van der Waals surface area contributed by atoms with E-state index in [9.17, 15) is 34.8 Å². The van der Waals surface area contributed by atoms with Crippen molar-refractivity contribution >= 4 is 40.3 Å². The Bertz CT molecular complexity index is 1640. The average Bonchev–Trinajstić information content (AvgIpc) is 3.06. The molecule has 0 spiro atoms. The molecule has 3 fully saturated rings. The molecule has 0 aromatic heterocycles. The van der Waals surface area contributed by atoms with Crippen LogP contribution in [0.5, 0.6) is 0 Å². The number of aliphatic hydroxyl groups is 4. The summed E-state index contributed by atoms with van der Waals surface area (Å²) >= 11 is 1.96. The molecule has 1 amide bonds. The van der Waals surface area contributed by atoms with Crippen LogP contribution in [0.25, 0.3) is 0 Å². The Labute approximate surface area is 378 Å². The summed E-state index contributed by atoms with van der Waals surface area (Å²) in [5.41, 5.74) is -4.18. The molecule has 4 aliphatic rings.